The molecule has 0 bridgehead atoms. The van der Waals surface area contributed by atoms with Gasteiger partial charge >= 0.3 is 5.69 Å². The number of aromatic amines is 3. The molecule has 0 spiro atoms. The van der Waals surface area contributed by atoms with Crippen molar-refractivity contribution in [3.8, 4) is 0 Å². The van der Waals surface area contributed by atoms with Crippen LogP contribution in [0.2, 0.25) is 0 Å². The lowest BCUT2D eigenvalue weighted by atomic mass is 10.3. The Morgan fingerprint density at radius 1 is 1.21 bits per heavy atom. The molecule has 74 valence electrons. The average Bonchev–Trinajstić information content (AvgIpc) is 2.48. The molecule has 0 radical (unpaired) electrons. The van der Waals surface area contributed by atoms with Gasteiger partial charge in [-0.3, -0.25) is 14.8 Å². The number of hydrogen-bond acceptors (Lipinski definition) is 3. The summed E-state index contributed by atoms with van der Waals surface area (Å²) in [6, 6.07) is 0. The number of nitrogens with one attached hydrogen (secondary N) is 3. The molecule has 0 aliphatic heterocycles. The highest BCUT2D eigenvalue weighted by molar-refractivity contribution is 5.68. The molecular weight excluding hydrogens is 184 g/mol. The normalized spacial score (nSPS) is 10.9. The third-order valence-corrected chi connectivity index (χ3v) is 1.93. The number of aryl methyl sites for hydroxylation is 1. The van der Waals surface area contributed by atoms with Gasteiger partial charge in [-0.15, -0.1) is 0 Å². The van der Waals surface area contributed by atoms with E-state index >= 15 is 0 Å². The first-order valence-electron chi connectivity index (χ1n) is 4.42. The Hall–Kier alpha value is -1.85. The topological polar surface area (TPSA) is 94.4 Å². The van der Waals surface area contributed by atoms with Crippen LogP contribution in [0, 0.1) is 0 Å². The van der Waals surface area contributed by atoms with Crippen LogP contribution >= 0.6 is 0 Å². The van der Waals surface area contributed by atoms with Crippen molar-refractivity contribution in [3.05, 3.63) is 26.7 Å². The van der Waals surface area contributed by atoms with Crippen LogP contribution in [0.5, 0.6) is 0 Å². The average molecular weight is 194 g/mol. The summed E-state index contributed by atoms with van der Waals surface area (Å²) in [5.41, 5.74) is -0.314. The fourth-order valence-corrected chi connectivity index (χ4v) is 1.34. The summed E-state index contributed by atoms with van der Waals surface area (Å²) in [5, 5.41) is 0. The second-order valence-electron chi connectivity index (χ2n) is 3.07. The third kappa shape index (κ3) is 1.34. The fourth-order valence-electron chi connectivity index (χ4n) is 1.34. The molecule has 0 aliphatic rings. The van der Waals surface area contributed by atoms with E-state index in [1.54, 1.807) is 0 Å². The molecule has 0 amide bonds. The van der Waals surface area contributed by atoms with Crippen LogP contribution in [-0.4, -0.2) is 19.9 Å². The van der Waals surface area contributed by atoms with E-state index in [-0.39, 0.29) is 0 Å². The first-order chi connectivity index (χ1) is 6.70. The third-order valence-electron chi connectivity index (χ3n) is 1.93. The Morgan fingerprint density at radius 2 is 2.00 bits per heavy atom. The van der Waals surface area contributed by atoms with Crippen molar-refractivity contribution in [2.45, 2.75) is 19.8 Å². The molecule has 0 atom stereocenters. The molecule has 14 heavy (non-hydrogen) atoms. The zero-order valence-corrected chi connectivity index (χ0v) is 7.68. The molecule has 0 fully saturated rings. The van der Waals surface area contributed by atoms with Gasteiger partial charge in [0.1, 0.15) is 11.3 Å². The monoisotopic (exact) mass is 194 g/mol. The van der Waals surface area contributed by atoms with E-state index in [1.165, 1.54) is 0 Å². The van der Waals surface area contributed by atoms with Crippen molar-refractivity contribution < 1.29 is 0 Å². The van der Waals surface area contributed by atoms with E-state index in [0.717, 1.165) is 18.7 Å². The van der Waals surface area contributed by atoms with Gasteiger partial charge in [0.15, 0.2) is 5.65 Å². The van der Waals surface area contributed by atoms with Gasteiger partial charge in [-0.05, 0) is 6.42 Å². The van der Waals surface area contributed by atoms with E-state index in [2.05, 4.69) is 19.9 Å². The highest BCUT2D eigenvalue weighted by Crippen LogP contribution is 2.02. The lowest BCUT2D eigenvalue weighted by molar-refractivity contribution is 0.860. The van der Waals surface area contributed by atoms with Gasteiger partial charge in [0, 0.05) is 6.42 Å². The zero-order chi connectivity index (χ0) is 10.1. The summed E-state index contributed by atoms with van der Waals surface area (Å²) in [7, 11) is 0. The summed E-state index contributed by atoms with van der Waals surface area (Å²) in [4.78, 5) is 33.7. The molecule has 2 aromatic rings. The minimum Gasteiger partial charge on any atom is -0.336 e. The Kier molecular flexibility index (Phi) is 1.95. The largest absolute Gasteiger partial charge is 0.336 e. The lowest BCUT2D eigenvalue weighted by Gasteiger charge is -1.86. The van der Waals surface area contributed by atoms with Gasteiger partial charge in [0.2, 0.25) is 0 Å². The molecule has 2 rings (SSSR count). The summed E-state index contributed by atoms with van der Waals surface area (Å²) in [5.74, 6) is 0.717. The second-order valence-corrected chi connectivity index (χ2v) is 3.07. The Balaban J connectivity index is 2.71. The molecule has 0 saturated heterocycles. The quantitative estimate of drug-likeness (QED) is 0.622. The standard InChI is InChI=1S/C8H10N4O2/c1-2-3-4-9-5-6(10-4)11-8(14)12-7(5)13/h2-3H2,1H3,(H3,9,10,11,12,13,14). The summed E-state index contributed by atoms with van der Waals surface area (Å²) in [6.07, 6.45) is 1.69. The number of imidazole rings is 1. The smallest absolute Gasteiger partial charge is 0.327 e. The maximum atomic E-state index is 11.3. The van der Waals surface area contributed by atoms with E-state index in [1.807, 2.05) is 6.92 Å². The van der Waals surface area contributed by atoms with Crippen LogP contribution < -0.4 is 11.2 Å². The van der Waals surface area contributed by atoms with Gasteiger partial charge < -0.3 is 4.98 Å². The van der Waals surface area contributed by atoms with Crippen LogP contribution in [0.1, 0.15) is 19.2 Å². The molecule has 3 N–H and O–H groups in total. The van der Waals surface area contributed by atoms with Crippen LogP contribution in [0.3, 0.4) is 0 Å². The maximum Gasteiger partial charge on any atom is 0.327 e. The van der Waals surface area contributed by atoms with E-state index in [9.17, 15) is 9.59 Å². The van der Waals surface area contributed by atoms with Gasteiger partial charge in [0.05, 0.1) is 0 Å². The summed E-state index contributed by atoms with van der Waals surface area (Å²) >= 11 is 0. The number of fused-ring (bicyclic) bond motifs is 1. The molecule has 6 heteroatoms. The van der Waals surface area contributed by atoms with Crippen molar-refractivity contribution in [3.63, 3.8) is 0 Å². The first kappa shape index (κ1) is 8.74. The molecule has 2 heterocycles. The van der Waals surface area contributed by atoms with Crippen molar-refractivity contribution in [1.29, 1.82) is 0 Å². The van der Waals surface area contributed by atoms with Crippen molar-refractivity contribution in [2.24, 2.45) is 0 Å². The fraction of sp³-hybridized carbons (Fsp3) is 0.375. The minimum absolute atomic E-state index is 0.321. The van der Waals surface area contributed by atoms with Crippen molar-refractivity contribution >= 4 is 11.2 Å². The Bertz CT molecular complexity index is 562. The van der Waals surface area contributed by atoms with Crippen LogP contribution in [0.15, 0.2) is 9.59 Å². The summed E-state index contributed by atoms with van der Waals surface area (Å²) < 4.78 is 0. The van der Waals surface area contributed by atoms with E-state index < -0.39 is 11.2 Å². The van der Waals surface area contributed by atoms with Crippen LogP contribution in [0.25, 0.3) is 11.2 Å². The SMILES string of the molecule is CCCc1nc2[nH]c(=O)[nH]c(=O)c2[nH]1. The Morgan fingerprint density at radius 3 is 2.71 bits per heavy atom. The predicted octanol–water partition coefficient (Wildman–Crippen LogP) is -0.108. The number of H-pyrrole nitrogens is 3. The predicted molar refractivity (Wildman–Crippen MR) is 51.3 cm³/mol. The highest BCUT2D eigenvalue weighted by Gasteiger charge is 2.06. The summed E-state index contributed by atoms with van der Waals surface area (Å²) in [6.45, 7) is 2.01. The van der Waals surface area contributed by atoms with Gasteiger partial charge in [0.25, 0.3) is 5.56 Å². The van der Waals surface area contributed by atoms with Gasteiger partial charge in [-0.1, -0.05) is 6.92 Å². The molecule has 6 nitrogen and oxygen atoms in total. The van der Waals surface area contributed by atoms with Crippen molar-refractivity contribution in [1.82, 2.24) is 19.9 Å². The van der Waals surface area contributed by atoms with Crippen LogP contribution in [-0.2, 0) is 6.42 Å². The number of aromatic nitrogens is 4. The van der Waals surface area contributed by atoms with E-state index in [4.69, 9.17) is 0 Å². The lowest BCUT2D eigenvalue weighted by Crippen LogP contribution is -2.21. The molecule has 0 aliphatic carbocycles. The maximum absolute atomic E-state index is 11.3. The molecular formula is C8H10N4O2. The zero-order valence-electron chi connectivity index (χ0n) is 7.68. The minimum atomic E-state index is -0.531. The molecule has 2 aromatic heterocycles. The van der Waals surface area contributed by atoms with Gasteiger partial charge in [-0.25, -0.2) is 9.78 Å². The van der Waals surface area contributed by atoms with E-state index in [0.29, 0.717) is 11.2 Å². The molecule has 0 unspecified atom stereocenters. The van der Waals surface area contributed by atoms with Crippen LogP contribution in [0.4, 0.5) is 0 Å². The first-order valence-corrected chi connectivity index (χ1v) is 4.42. The number of nitrogens with zero attached hydrogens (tertiary/aromatic N) is 1. The van der Waals surface area contributed by atoms with Gasteiger partial charge in [-0.2, -0.15) is 0 Å². The molecule has 0 aromatic carbocycles. The molecule has 0 saturated carbocycles. The number of hydrogen-bond donors (Lipinski definition) is 3. The number of rotatable bonds is 2. The van der Waals surface area contributed by atoms with Crippen molar-refractivity contribution in [2.75, 3.05) is 0 Å². The highest BCUT2D eigenvalue weighted by atomic mass is 16.2. The second kappa shape index (κ2) is 3.13. The Labute approximate surface area is 78.4 Å².